The smallest absolute Gasteiger partial charge is 0.270 e. The summed E-state index contributed by atoms with van der Waals surface area (Å²) in [6, 6.07) is 6.49. The molecular weight excluding hydrogens is 405 g/mol. The van der Waals surface area contributed by atoms with Gasteiger partial charge in [-0.2, -0.15) is 0 Å². The van der Waals surface area contributed by atoms with Crippen molar-refractivity contribution in [2.24, 2.45) is 0 Å². The minimum absolute atomic E-state index is 0.0373. The molecule has 1 saturated carbocycles. The number of carbonyl (C=O) groups excluding carboxylic acids is 1. The van der Waals surface area contributed by atoms with Gasteiger partial charge < -0.3 is 19.5 Å². The Hall–Kier alpha value is -2.18. The second-order valence-corrected chi connectivity index (χ2v) is 9.10. The van der Waals surface area contributed by atoms with Gasteiger partial charge in [0, 0.05) is 37.1 Å². The summed E-state index contributed by atoms with van der Waals surface area (Å²) in [5.41, 5.74) is 1.30. The van der Waals surface area contributed by atoms with Crippen LogP contribution >= 0.6 is 0 Å². The van der Waals surface area contributed by atoms with Gasteiger partial charge in [-0.05, 0) is 76.4 Å². The normalized spacial score (nSPS) is 18.9. The van der Waals surface area contributed by atoms with E-state index in [0.717, 1.165) is 62.7 Å². The van der Waals surface area contributed by atoms with Gasteiger partial charge in [0.2, 0.25) is 0 Å². The Bertz CT molecular complexity index is 873. The second kappa shape index (κ2) is 12.2. The number of aromatic amines is 1. The van der Waals surface area contributed by atoms with Crippen LogP contribution in [-0.2, 0) is 4.74 Å². The molecule has 5 nitrogen and oxygen atoms in total. The van der Waals surface area contributed by atoms with Crippen LogP contribution in [-0.4, -0.2) is 66.6 Å². The maximum atomic E-state index is 13.4. The molecule has 0 aliphatic heterocycles. The molecule has 1 aromatic carbocycles. The highest BCUT2D eigenvalue weighted by molar-refractivity contribution is 5.98. The summed E-state index contributed by atoms with van der Waals surface area (Å²) < 4.78 is 19.5. The lowest BCUT2D eigenvalue weighted by Crippen LogP contribution is -2.40. The molecular formula is C26H38FN3O2. The van der Waals surface area contributed by atoms with E-state index >= 15 is 0 Å². The van der Waals surface area contributed by atoms with E-state index in [4.69, 9.17) is 4.74 Å². The molecule has 1 aromatic heterocycles. The molecule has 6 heteroatoms. The molecule has 1 fully saturated rings. The second-order valence-electron chi connectivity index (χ2n) is 9.10. The number of ether oxygens (including phenoxy) is 1. The molecule has 2 aromatic rings. The number of carbonyl (C=O) groups is 1. The molecule has 0 saturated heterocycles. The van der Waals surface area contributed by atoms with E-state index in [0.29, 0.717) is 11.8 Å². The third kappa shape index (κ3) is 6.91. The molecule has 176 valence electrons. The summed E-state index contributed by atoms with van der Waals surface area (Å²) in [4.78, 5) is 20.2. The number of fused-ring (bicyclic) bond motifs is 1. The molecule has 1 N–H and O–H groups in total. The van der Waals surface area contributed by atoms with Crippen molar-refractivity contribution in [3.05, 3.63) is 48.4 Å². The minimum Gasteiger partial charge on any atom is -0.378 e. The van der Waals surface area contributed by atoms with Crippen molar-refractivity contribution in [2.45, 2.75) is 63.5 Å². The zero-order valence-corrected chi connectivity index (χ0v) is 19.6. The quantitative estimate of drug-likeness (QED) is 0.354. The lowest BCUT2D eigenvalue weighted by atomic mass is 9.92. The first-order chi connectivity index (χ1) is 15.5. The van der Waals surface area contributed by atoms with Crippen LogP contribution in [0.25, 0.3) is 10.9 Å². The van der Waals surface area contributed by atoms with Gasteiger partial charge in [-0.25, -0.2) is 4.39 Å². The number of unbranched alkanes of at least 4 members (excludes halogenated alkanes) is 3. The Morgan fingerprint density at radius 3 is 2.66 bits per heavy atom. The van der Waals surface area contributed by atoms with E-state index < -0.39 is 0 Å². The number of likely N-dealkylation sites (N-methyl/N-ethyl adjacent to an activating group) is 1. The number of aromatic nitrogens is 1. The maximum Gasteiger partial charge on any atom is 0.270 e. The van der Waals surface area contributed by atoms with Crippen molar-refractivity contribution < 1.29 is 13.9 Å². The van der Waals surface area contributed by atoms with Crippen molar-refractivity contribution >= 4 is 16.8 Å². The molecule has 0 radical (unpaired) electrons. The largest absolute Gasteiger partial charge is 0.378 e. The van der Waals surface area contributed by atoms with E-state index in [9.17, 15) is 9.18 Å². The van der Waals surface area contributed by atoms with Crippen LogP contribution in [0.2, 0.25) is 0 Å². The van der Waals surface area contributed by atoms with Gasteiger partial charge in [0.15, 0.2) is 0 Å². The van der Waals surface area contributed by atoms with Gasteiger partial charge in [0.25, 0.3) is 5.91 Å². The molecule has 0 bridgehead atoms. The highest BCUT2D eigenvalue weighted by Crippen LogP contribution is 2.26. The summed E-state index contributed by atoms with van der Waals surface area (Å²) in [6.45, 7) is 6.68. The fraction of sp³-hybridized carbons (Fsp3) is 0.577. The molecule has 1 aliphatic carbocycles. The fourth-order valence-corrected chi connectivity index (χ4v) is 4.57. The van der Waals surface area contributed by atoms with Gasteiger partial charge in [0.1, 0.15) is 11.5 Å². The number of H-pyrrole nitrogens is 1. The van der Waals surface area contributed by atoms with Crippen molar-refractivity contribution in [3.63, 3.8) is 0 Å². The van der Waals surface area contributed by atoms with Gasteiger partial charge >= 0.3 is 0 Å². The first-order valence-corrected chi connectivity index (χ1v) is 11.9. The topological polar surface area (TPSA) is 48.6 Å². The van der Waals surface area contributed by atoms with E-state index in [1.807, 2.05) is 18.0 Å². The highest BCUT2D eigenvalue weighted by atomic mass is 19.1. The molecule has 1 heterocycles. The number of nitrogens with zero attached hydrogens (tertiary/aromatic N) is 2. The number of hydrogen-bond acceptors (Lipinski definition) is 3. The van der Waals surface area contributed by atoms with Crippen LogP contribution in [0.4, 0.5) is 4.39 Å². The van der Waals surface area contributed by atoms with Crippen LogP contribution in [0.1, 0.15) is 61.9 Å². The monoisotopic (exact) mass is 443 g/mol. The number of halogens is 1. The third-order valence-electron chi connectivity index (χ3n) is 6.55. The Balaban J connectivity index is 1.33. The lowest BCUT2D eigenvalue weighted by Gasteiger charge is -2.34. The average molecular weight is 444 g/mol. The summed E-state index contributed by atoms with van der Waals surface area (Å²) in [7, 11) is 4.00. The van der Waals surface area contributed by atoms with Gasteiger partial charge in [-0.15, -0.1) is 6.58 Å². The molecule has 0 atom stereocenters. The summed E-state index contributed by atoms with van der Waals surface area (Å²) in [5, 5.41) is 0.725. The maximum absolute atomic E-state index is 13.4. The average Bonchev–Trinajstić information content (AvgIpc) is 3.21. The van der Waals surface area contributed by atoms with Crippen molar-refractivity contribution in [1.82, 2.24) is 14.8 Å². The predicted molar refractivity (Wildman–Crippen MR) is 129 cm³/mol. The third-order valence-corrected chi connectivity index (χ3v) is 6.55. The standard InChI is InChI=1S/C26H38FN3O2/c1-4-15-29(2)16-7-5-6-8-17-32-23-12-10-22(11-13-23)30(3)26(31)25-19-20-18-21(27)9-14-24(20)28-25/h4,9,14,18-19,22-23,28H,1,5-8,10-13,15-17H2,2-3H3. The van der Waals surface area contributed by atoms with Crippen molar-refractivity contribution in [1.29, 1.82) is 0 Å². The van der Waals surface area contributed by atoms with Crippen LogP contribution in [0.15, 0.2) is 36.9 Å². The molecule has 3 rings (SSSR count). The predicted octanol–water partition coefficient (Wildman–Crippen LogP) is 5.39. The zero-order chi connectivity index (χ0) is 22.9. The molecule has 1 aliphatic rings. The number of rotatable bonds is 12. The van der Waals surface area contributed by atoms with Gasteiger partial charge in [-0.1, -0.05) is 18.9 Å². The highest BCUT2D eigenvalue weighted by Gasteiger charge is 2.28. The van der Waals surface area contributed by atoms with Gasteiger partial charge in [0.05, 0.1) is 6.10 Å². The number of amides is 1. The summed E-state index contributed by atoms with van der Waals surface area (Å²) >= 11 is 0. The molecule has 1 amide bonds. The Labute approximate surface area is 191 Å². The number of benzene rings is 1. The molecule has 0 spiro atoms. The number of hydrogen-bond donors (Lipinski definition) is 1. The fourth-order valence-electron chi connectivity index (χ4n) is 4.57. The minimum atomic E-state index is -0.293. The van der Waals surface area contributed by atoms with Crippen LogP contribution in [0, 0.1) is 5.82 Å². The van der Waals surface area contributed by atoms with Crippen LogP contribution in [0.3, 0.4) is 0 Å². The van der Waals surface area contributed by atoms with E-state index in [1.165, 1.54) is 31.4 Å². The lowest BCUT2D eigenvalue weighted by molar-refractivity contribution is 0.00900. The summed E-state index contributed by atoms with van der Waals surface area (Å²) in [5.74, 6) is -0.331. The Kier molecular flexibility index (Phi) is 9.30. The van der Waals surface area contributed by atoms with Crippen LogP contribution < -0.4 is 0 Å². The first kappa shape index (κ1) is 24.5. The SMILES string of the molecule is C=CCN(C)CCCCCCOC1CCC(N(C)C(=O)c2cc3cc(F)ccc3[nH]2)CC1. The Morgan fingerprint density at radius 1 is 1.16 bits per heavy atom. The van der Waals surface area contributed by atoms with E-state index in [-0.39, 0.29) is 17.8 Å². The Morgan fingerprint density at radius 2 is 1.91 bits per heavy atom. The van der Waals surface area contributed by atoms with Gasteiger partial charge in [-0.3, -0.25) is 4.79 Å². The van der Waals surface area contributed by atoms with Crippen LogP contribution in [0.5, 0.6) is 0 Å². The van der Waals surface area contributed by atoms with Crippen molar-refractivity contribution in [2.75, 3.05) is 33.8 Å². The first-order valence-electron chi connectivity index (χ1n) is 11.9. The zero-order valence-electron chi connectivity index (χ0n) is 19.6. The summed E-state index contributed by atoms with van der Waals surface area (Å²) in [6.07, 6.45) is 10.9. The molecule has 0 unspecified atom stereocenters. The van der Waals surface area contributed by atoms with E-state index in [1.54, 1.807) is 12.1 Å². The van der Waals surface area contributed by atoms with Crippen molar-refractivity contribution in [3.8, 4) is 0 Å². The number of nitrogens with one attached hydrogen (secondary N) is 1. The molecule has 32 heavy (non-hydrogen) atoms. The van der Waals surface area contributed by atoms with E-state index in [2.05, 4.69) is 23.5 Å².